The van der Waals surface area contributed by atoms with Gasteiger partial charge in [-0.15, -0.1) is 0 Å². The number of benzene rings is 1. The van der Waals surface area contributed by atoms with Crippen molar-refractivity contribution in [2.24, 2.45) is 0 Å². The number of nitro benzene ring substituents is 1. The monoisotopic (exact) mass is 326 g/mol. The van der Waals surface area contributed by atoms with Crippen LogP contribution in [0, 0.1) is 10.1 Å². The Morgan fingerprint density at radius 3 is 2.96 bits per heavy atom. The molecule has 0 bridgehead atoms. The molecule has 6 nitrogen and oxygen atoms in total. The Hall–Kier alpha value is -2.47. The molecule has 24 heavy (non-hydrogen) atoms. The Bertz CT molecular complexity index is 746. The summed E-state index contributed by atoms with van der Waals surface area (Å²) < 4.78 is 0. The van der Waals surface area contributed by atoms with Gasteiger partial charge in [-0.2, -0.15) is 0 Å². The molecule has 0 aliphatic heterocycles. The Morgan fingerprint density at radius 1 is 1.38 bits per heavy atom. The lowest BCUT2D eigenvalue weighted by atomic mass is 9.87. The number of aromatic nitrogens is 1. The summed E-state index contributed by atoms with van der Waals surface area (Å²) in [5.74, 6) is 0.945. The summed E-state index contributed by atoms with van der Waals surface area (Å²) in [6, 6.07) is 9.37. The van der Waals surface area contributed by atoms with Gasteiger partial charge in [0.15, 0.2) is 0 Å². The number of pyridine rings is 1. The van der Waals surface area contributed by atoms with Gasteiger partial charge in [-0.1, -0.05) is 12.1 Å². The number of nitrogens with zero attached hydrogens (tertiary/aromatic N) is 3. The highest BCUT2D eigenvalue weighted by Gasteiger charge is 2.22. The van der Waals surface area contributed by atoms with Gasteiger partial charge in [0.2, 0.25) is 0 Å². The first kappa shape index (κ1) is 16.4. The molecule has 0 saturated heterocycles. The second-order valence-corrected chi connectivity index (χ2v) is 6.35. The second kappa shape index (κ2) is 6.97. The average molecular weight is 326 g/mol. The van der Waals surface area contributed by atoms with Gasteiger partial charge >= 0.3 is 0 Å². The molecule has 1 aliphatic carbocycles. The minimum atomic E-state index is -0.322. The highest BCUT2D eigenvalue weighted by atomic mass is 16.6. The van der Waals surface area contributed by atoms with Gasteiger partial charge in [-0.3, -0.25) is 10.1 Å². The molecular weight excluding hydrogens is 304 g/mol. The van der Waals surface area contributed by atoms with Gasteiger partial charge < -0.3 is 10.2 Å². The summed E-state index contributed by atoms with van der Waals surface area (Å²) >= 11 is 0. The fourth-order valence-electron chi connectivity index (χ4n) is 3.32. The first-order chi connectivity index (χ1) is 11.6. The molecule has 0 fully saturated rings. The first-order valence-electron chi connectivity index (χ1n) is 8.18. The van der Waals surface area contributed by atoms with E-state index < -0.39 is 0 Å². The lowest BCUT2D eigenvalue weighted by molar-refractivity contribution is -0.385. The van der Waals surface area contributed by atoms with Crippen molar-refractivity contribution in [3.63, 3.8) is 0 Å². The number of nitro groups is 1. The Balaban J connectivity index is 1.81. The standard InChI is InChI=1S/C18H22N4O2/c1-21(2)18-14(6-4-10-19-18)12-20-17-7-3-5-13-8-9-15(22(23)24)11-16(13)17/h4,6,8-11,17,20H,3,5,7,12H2,1-2H3/t17-/m0/s1. The Kier molecular flexibility index (Phi) is 4.76. The predicted octanol–water partition coefficient (Wildman–Crippen LogP) is 3.22. The predicted molar refractivity (Wildman–Crippen MR) is 94.2 cm³/mol. The van der Waals surface area contributed by atoms with Crippen molar-refractivity contribution in [2.75, 3.05) is 19.0 Å². The van der Waals surface area contributed by atoms with E-state index in [-0.39, 0.29) is 16.7 Å². The lowest BCUT2D eigenvalue weighted by Gasteiger charge is -2.27. The molecule has 3 rings (SSSR count). The fourth-order valence-corrected chi connectivity index (χ4v) is 3.32. The third-order valence-corrected chi connectivity index (χ3v) is 4.48. The first-order valence-corrected chi connectivity index (χ1v) is 8.18. The summed E-state index contributed by atoms with van der Waals surface area (Å²) in [5.41, 5.74) is 3.56. The van der Waals surface area contributed by atoms with Crippen LogP contribution in [0.1, 0.15) is 35.6 Å². The van der Waals surface area contributed by atoms with Gasteiger partial charge in [-0.25, -0.2) is 4.98 Å². The SMILES string of the molecule is CN(C)c1ncccc1CN[C@H]1CCCc2ccc([N+](=O)[O-])cc21. The van der Waals surface area contributed by atoms with E-state index in [0.29, 0.717) is 6.54 Å². The molecule has 1 heterocycles. The largest absolute Gasteiger partial charge is 0.362 e. The molecule has 0 saturated carbocycles. The van der Waals surface area contributed by atoms with E-state index in [1.807, 2.05) is 31.1 Å². The Morgan fingerprint density at radius 2 is 2.21 bits per heavy atom. The molecule has 2 aromatic rings. The number of anilines is 1. The van der Waals surface area contributed by atoms with Crippen LogP contribution in [-0.2, 0) is 13.0 Å². The summed E-state index contributed by atoms with van der Waals surface area (Å²) in [6.07, 6.45) is 4.86. The number of aryl methyl sites for hydroxylation is 1. The van der Waals surface area contributed by atoms with Gasteiger partial charge in [0.25, 0.3) is 5.69 Å². The third-order valence-electron chi connectivity index (χ3n) is 4.48. The maximum absolute atomic E-state index is 11.1. The maximum Gasteiger partial charge on any atom is 0.269 e. The summed E-state index contributed by atoms with van der Waals surface area (Å²) in [5, 5.41) is 14.6. The molecule has 126 valence electrons. The van der Waals surface area contributed by atoms with Crippen LogP contribution in [0.4, 0.5) is 11.5 Å². The van der Waals surface area contributed by atoms with Crippen molar-refractivity contribution in [1.29, 1.82) is 0 Å². The molecule has 6 heteroatoms. The van der Waals surface area contributed by atoms with Crippen molar-refractivity contribution in [2.45, 2.75) is 31.8 Å². The van der Waals surface area contributed by atoms with Crippen LogP contribution >= 0.6 is 0 Å². The maximum atomic E-state index is 11.1. The van der Waals surface area contributed by atoms with Crippen LogP contribution in [0.15, 0.2) is 36.5 Å². The van der Waals surface area contributed by atoms with Gasteiger partial charge in [0.1, 0.15) is 5.82 Å². The van der Waals surface area contributed by atoms with Gasteiger partial charge in [0.05, 0.1) is 4.92 Å². The minimum Gasteiger partial charge on any atom is -0.362 e. The Labute approximate surface area is 141 Å². The van der Waals surface area contributed by atoms with E-state index >= 15 is 0 Å². The van der Waals surface area contributed by atoms with Crippen molar-refractivity contribution < 1.29 is 4.92 Å². The summed E-state index contributed by atoms with van der Waals surface area (Å²) in [7, 11) is 3.95. The average Bonchev–Trinajstić information content (AvgIpc) is 2.59. The smallest absolute Gasteiger partial charge is 0.269 e. The molecule has 1 atom stereocenters. The van der Waals surface area contributed by atoms with Crippen molar-refractivity contribution in [3.8, 4) is 0 Å². The highest BCUT2D eigenvalue weighted by Crippen LogP contribution is 2.32. The summed E-state index contributed by atoms with van der Waals surface area (Å²) in [4.78, 5) is 17.2. The molecule has 0 unspecified atom stereocenters. The van der Waals surface area contributed by atoms with E-state index in [1.54, 1.807) is 18.3 Å². The van der Waals surface area contributed by atoms with E-state index in [0.717, 1.165) is 36.2 Å². The van der Waals surface area contributed by atoms with Crippen LogP contribution < -0.4 is 10.2 Å². The van der Waals surface area contributed by atoms with Crippen molar-refractivity contribution in [1.82, 2.24) is 10.3 Å². The number of nitrogens with one attached hydrogen (secondary N) is 1. The number of hydrogen-bond donors (Lipinski definition) is 1. The second-order valence-electron chi connectivity index (χ2n) is 6.35. The lowest BCUT2D eigenvalue weighted by Crippen LogP contribution is -2.26. The molecule has 0 amide bonds. The normalized spacial score (nSPS) is 16.5. The van der Waals surface area contributed by atoms with E-state index in [9.17, 15) is 10.1 Å². The summed E-state index contributed by atoms with van der Waals surface area (Å²) in [6.45, 7) is 0.689. The molecule has 1 aromatic carbocycles. The third kappa shape index (κ3) is 3.38. The van der Waals surface area contributed by atoms with Crippen molar-refractivity contribution >= 4 is 11.5 Å². The van der Waals surface area contributed by atoms with Crippen LogP contribution in [0.5, 0.6) is 0 Å². The number of non-ortho nitro benzene ring substituents is 1. The minimum absolute atomic E-state index is 0.142. The zero-order chi connectivity index (χ0) is 17.1. The fraction of sp³-hybridized carbons (Fsp3) is 0.389. The van der Waals surface area contributed by atoms with Gasteiger partial charge in [0, 0.05) is 50.6 Å². The molecule has 1 aliphatic rings. The molecule has 0 spiro atoms. The van der Waals surface area contributed by atoms with E-state index in [1.165, 1.54) is 5.56 Å². The zero-order valence-corrected chi connectivity index (χ0v) is 14.0. The van der Waals surface area contributed by atoms with E-state index in [2.05, 4.69) is 16.4 Å². The molecule has 0 radical (unpaired) electrons. The molecule has 1 N–H and O–H groups in total. The van der Waals surface area contributed by atoms with Gasteiger partial charge in [-0.05, 0) is 36.5 Å². The number of hydrogen-bond acceptors (Lipinski definition) is 5. The zero-order valence-electron chi connectivity index (χ0n) is 14.0. The number of fused-ring (bicyclic) bond motifs is 1. The van der Waals surface area contributed by atoms with E-state index in [4.69, 9.17) is 0 Å². The van der Waals surface area contributed by atoms with Crippen LogP contribution in [0.3, 0.4) is 0 Å². The number of rotatable bonds is 5. The van der Waals surface area contributed by atoms with Crippen LogP contribution in [-0.4, -0.2) is 24.0 Å². The molecule has 1 aromatic heterocycles. The van der Waals surface area contributed by atoms with Crippen LogP contribution in [0.2, 0.25) is 0 Å². The molecular formula is C18H22N4O2. The topological polar surface area (TPSA) is 71.3 Å². The van der Waals surface area contributed by atoms with Crippen molar-refractivity contribution in [3.05, 3.63) is 63.3 Å². The quantitative estimate of drug-likeness (QED) is 0.675. The highest BCUT2D eigenvalue weighted by molar-refractivity contribution is 5.46. The van der Waals surface area contributed by atoms with Crippen LogP contribution in [0.25, 0.3) is 0 Å².